The number of hydrogen-bond donors (Lipinski definition) is 2. The van der Waals surface area contributed by atoms with Crippen LogP contribution in [0.5, 0.6) is 11.5 Å². The second kappa shape index (κ2) is 9.11. The molecule has 2 aliphatic rings. The number of ether oxygens (including phenoxy) is 2. The summed E-state index contributed by atoms with van der Waals surface area (Å²) in [6.07, 6.45) is 4.79. The SMILES string of the molecule is COc1cc(OC)c(NC(=O)NCCC2=CSC3CC(C)CCC23)cc1Cl. The summed E-state index contributed by atoms with van der Waals surface area (Å²) in [7, 11) is 3.07. The molecule has 1 fully saturated rings. The highest BCUT2D eigenvalue weighted by Gasteiger charge is 2.34. The van der Waals surface area contributed by atoms with E-state index in [2.05, 4.69) is 23.0 Å². The Labute approximate surface area is 170 Å². The number of anilines is 1. The second-order valence-electron chi connectivity index (χ2n) is 7.21. The predicted octanol–water partition coefficient (Wildman–Crippen LogP) is 5.30. The van der Waals surface area contributed by atoms with Crippen molar-refractivity contribution < 1.29 is 14.3 Å². The van der Waals surface area contributed by atoms with E-state index in [1.165, 1.54) is 39.1 Å². The second-order valence-corrected chi connectivity index (χ2v) is 8.73. The Bertz CT molecular complexity index is 725. The highest BCUT2D eigenvalue weighted by atomic mass is 35.5. The first-order valence-corrected chi connectivity index (χ1v) is 10.6. The number of amides is 2. The molecule has 2 amide bonds. The van der Waals surface area contributed by atoms with Gasteiger partial charge in [0.2, 0.25) is 0 Å². The third-order valence-corrected chi connectivity index (χ3v) is 6.95. The lowest BCUT2D eigenvalue weighted by atomic mass is 9.78. The first kappa shape index (κ1) is 20.2. The molecule has 3 atom stereocenters. The molecule has 1 aromatic rings. The van der Waals surface area contributed by atoms with Crippen LogP contribution >= 0.6 is 23.4 Å². The zero-order chi connectivity index (χ0) is 19.4. The average Bonchev–Trinajstić information content (AvgIpc) is 3.04. The van der Waals surface area contributed by atoms with Crippen molar-refractivity contribution in [2.75, 3.05) is 26.1 Å². The summed E-state index contributed by atoms with van der Waals surface area (Å²) in [6.45, 7) is 2.96. The maximum absolute atomic E-state index is 12.3. The van der Waals surface area contributed by atoms with Crippen molar-refractivity contribution in [3.8, 4) is 11.5 Å². The lowest BCUT2D eigenvalue weighted by Gasteiger charge is -2.31. The van der Waals surface area contributed by atoms with Gasteiger partial charge < -0.3 is 20.1 Å². The van der Waals surface area contributed by atoms with Gasteiger partial charge in [0.15, 0.2) is 0 Å². The van der Waals surface area contributed by atoms with Gasteiger partial charge in [0.05, 0.1) is 24.9 Å². The molecule has 3 unspecified atom stereocenters. The van der Waals surface area contributed by atoms with Crippen LogP contribution in [-0.2, 0) is 0 Å². The van der Waals surface area contributed by atoms with Crippen molar-refractivity contribution in [1.82, 2.24) is 5.32 Å². The number of halogens is 1. The summed E-state index contributed by atoms with van der Waals surface area (Å²) < 4.78 is 10.5. The van der Waals surface area contributed by atoms with Gasteiger partial charge in [-0.15, -0.1) is 11.8 Å². The summed E-state index contributed by atoms with van der Waals surface area (Å²) in [6, 6.07) is 3.01. The number of benzene rings is 1. The van der Waals surface area contributed by atoms with Gasteiger partial charge in [0.1, 0.15) is 11.5 Å². The van der Waals surface area contributed by atoms with Crippen molar-refractivity contribution in [2.24, 2.45) is 11.8 Å². The maximum atomic E-state index is 12.3. The van der Waals surface area contributed by atoms with E-state index in [1.54, 1.807) is 12.1 Å². The molecule has 0 radical (unpaired) electrons. The molecule has 0 spiro atoms. The van der Waals surface area contributed by atoms with Gasteiger partial charge >= 0.3 is 6.03 Å². The molecule has 0 saturated heterocycles. The van der Waals surface area contributed by atoms with Crippen LogP contribution in [0, 0.1) is 11.8 Å². The fraction of sp³-hybridized carbons (Fsp3) is 0.550. The molecule has 27 heavy (non-hydrogen) atoms. The number of nitrogens with one attached hydrogen (secondary N) is 2. The zero-order valence-electron chi connectivity index (χ0n) is 16.0. The summed E-state index contributed by atoms with van der Waals surface area (Å²) in [5.74, 6) is 2.53. The molecule has 1 heterocycles. The first-order valence-electron chi connectivity index (χ1n) is 9.32. The number of rotatable bonds is 6. The van der Waals surface area contributed by atoms with Crippen LogP contribution in [0.25, 0.3) is 0 Å². The minimum absolute atomic E-state index is 0.269. The highest BCUT2D eigenvalue weighted by molar-refractivity contribution is 8.03. The van der Waals surface area contributed by atoms with E-state index < -0.39 is 0 Å². The average molecular weight is 411 g/mol. The number of urea groups is 1. The van der Waals surface area contributed by atoms with Crippen LogP contribution in [0.4, 0.5) is 10.5 Å². The normalized spacial score (nSPS) is 24.0. The Hall–Kier alpha value is -1.53. The van der Waals surface area contributed by atoms with Crippen LogP contribution in [-0.4, -0.2) is 32.0 Å². The van der Waals surface area contributed by atoms with E-state index >= 15 is 0 Å². The molecule has 2 N–H and O–H groups in total. The third kappa shape index (κ3) is 4.85. The van der Waals surface area contributed by atoms with Crippen molar-refractivity contribution in [1.29, 1.82) is 0 Å². The molecular weight excluding hydrogens is 384 g/mol. The number of thioether (sulfide) groups is 1. The van der Waals surface area contributed by atoms with Crippen molar-refractivity contribution in [3.63, 3.8) is 0 Å². The van der Waals surface area contributed by atoms with E-state index in [9.17, 15) is 4.79 Å². The standard InChI is InChI=1S/C20H27ClN2O3S/c1-12-4-5-14-13(11-27-19(14)8-12)6-7-22-20(24)23-16-9-15(21)17(25-2)10-18(16)26-3/h9-12,14,19H,4-8H2,1-3H3,(H2,22,23,24). The van der Waals surface area contributed by atoms with E-state index in [4.69, 9.17) is 21.1 Å². The number of hydrogen-bond acceptors (Lipinski definition) is 4. The number of fused-ring (bicyclic) bond motifs is 1. The van der Waals surface area contributed by atoms with Crippen LogP contribution in [0.15, 0.2) is 23.1 Å². The molecule has 7 heteroatoms. The van der Waals surface area contributed by atoms with E-state index in [1.807, 2.05) is 11.8 Å². The lowest BCUT2D eigenvalue weighted by molar-refractivity contribution is 0.252. The highest BCUT2D eigenvalue weighted by Crippen LogP contribution is 2.47. The van der Waals surface area contributed by atoms with Crippen molar-refractivity contribution in [3.05, 3.63) is 28.1 Å². The van der Waals surface area contributed by atoms with E-state index in [-0.39, 0.29) is 6.03 Å². The monoisotopic (exact) mass is 410 g/mol. The summed E-state index contributed by atoms with van der Waals surface area (Å²) in [4.78, 5) is 12.3. The molecule has 0 bridgehead atoms. The molecule has 0 aromatic heterocycles. The zero-order valence-corrected chi connectivity index (χ0v) is 17.6. The largest absolute Gasteiger partial charge is 0.495 e. The van der Waals surface area contributed by atoms with E-state index in [0.29, 0.717) is 34.7 Å². The number of methoxy groups -OCH3 is 2. The van der Waals surface area contributed by atoms with Gasteiger partial charge in [-0.2, -0.15) is 0 Å². The van der Waals surface area contributed by atoms with Crippen LogP contribution in [0.3, 0.4) is 0 Å². The van der Waals surface area contributed by atoms with Crippen LogP contribution in [0.1, 0.15) is 32.6 Å². The topological polar surface area (TPSA) is 59.6 Å². The molecule has 5 nitrogen and oxygen atoms in total. The van der Waals surface area contributed by atoms with Gasteiger partial charge in [-0.05, 0) is 42.6 Å². The van der Waals surface area contributed by atoms with Crippen LogP contribution in [0.2, 0.25) is 5.02 Å². The van der Waals surface area contributed by atoms with Gasteiger partial charge in [0.25, 0.3) is 0 Å². The fourth-order valence-corrected chi connectivity index (χ4v) is 5.68. The Morgan fingerprint density at radius 1 is 1.26 bits per heavy atom. The molecule has 1 saturated carbocycles. The van der Waals surface area contributed by atoms with Gasteiger partial charge in [-0.3, -0.25) is 0 Å². The number of carbonyl (C=O) groups is 1. The molecule has 1 aromatic carbocycles. The molecular formula is C20H27ClN2O3S. The molecule has 1 aliphatic heterocycles. The first-order chi connectivity index (χ1) is 13.0. The maximum Gasteiger partial charge on any atom is 0.319 e. The minimum Gasteiger partial charge on any atom is -0.495 e. The van der Waals surface area contributed by atoms with Crippen LogP contribution < -0.4 is 20.1 Å². The summed E-state index contributed by atoms with van der Waals surface area (Å²) in [5, 5.41) is 9.21. The third-order valence-electron chi connectivity index (χ3n) is 5.35. The summed E-state index contributed by atoms with van der Waals surface area (Å²) in [5.41, 5.74) is 2.00. The fourth-order valence-electron chi connectivity index (χ4n) is 3.85. The quantitative estimate of drug-likeness (QED) is 0.667. The van der Waals surface area contributed by atoms with Gasteiger partial charge in [-0.1, -0.05) is 30.5 Å². The Morgan fingerprint density at radius 2 is 2.04 bits per heavy atom. The molecule has 3 rings (SSSR count). The predicted molar refractivity (Wildman–Crippen MR) is 112 cm³/mol. The van der Waals surface area contributed by atoms with E-state index in [0.717, 1.165) is 17.6 Å². The lowest BCUT2D eigenvalue weighted by Crippen LogP contribution is -2.31. The molecule has 1 aliphatic carbocycles. The molecule has 148 valence electrons. The van der Waals surface area contributed by atoms with Gasteiger partial charge in [-0.25, -0.2) is 4.79 Å². The van der Waals surface area contributed by atoms with Crippen molar-refractivity contribution >= 4 is 35.1 Å². The Kier molecular flexibility index (Phi) is 6.82. The van der Waals surface area contributed by atoms with Gasteiger partial charge in [0, 0.05) is 17.9 Å². The summed E-state index contributed by atoms with van der Waals surface area (Å²) >= 11 is 8.12. The number of carbonyl (C=O) groups excluding carboxylic acids is 1. The minimum atomic E-state index is -0.269. The Balaban J connectivity index is 1.50. The van der Waals surface area contributed by atoms with Crippen molar-refractivity contribution in [2.45, 2.75) is 37.9 Å². The Morgan fingerprint density at radius 3 is 2.78 bits per heavy atom. The smallest absolute Gasteiger partial charge is 0.319 e.